The average Bonchev–Trinajstić information content (AvgIpc) is 2.29. The monoisotopic (exact) mass is 182 g/mol. The molecule has 2 fully saturated rings. The van der Waals surface area contributed by atoms with Crippen LogP contribution in [0.15, 0.2) is 0 Å². The van der Waals surface area contributed by atoms with Gasteiger partial charge in [-0.1, -0.05) is 13.3 Å². The Labute approximate surface area is 79.3 Å². The third-order valence-electron chi connectivity index (χ3n) is 3.45. The molecule has 1 saturated heterocycles. The van der Waals surface area contributed by atoms with E-state index >= 15 is 0 Å². The second kappa shape index (κ2) is 2.98. The number of rotatable bonds is 2. The predicted octanol–water partition coefficient (Wildman–Crippen LogP) is 0.594. The van der Waals surface area contributed by atoms with E-state index in [2.05, 4.69) is 11.8 Å². The maximum atomic E-state index is 10.7. The van der Waals surface area contributed by atoms with Crippen LogP contribution in [0.5, 0.6) is 0 Å². The van der Waals surface area contributed by atoms with Gasteiger partial charge in [-0.05, 0) is 24.2 Å². The van der Waals surface area contributed by atoms with Gasteiger partial charge >= 0.3 is 0 Å². The molecule has 13 heavy (non-hydrogen) atoms. The van der Waals surface area contributed by atoms with Crippen molar-refractivity contribution in [3.63, 3.8) is 0 Å². The third-order valence-corrected chi connectivity index (χ3v) is 3.45. The van der Waals surface area contributed by atoms with E-state index in [4.69, 9.17) is 5.73 Å². The lowest BCUT2D eigenvalue weighted by Crippen LogP contribution is -2.57. The maximum Gasteiger partial charge on any atom is 0.231 e. The van der Waals surface area contributed by atoms with Crippen molar-refractivity contribution in [1.29, 1.82) is 0 Å². The largest absolute Gasteiger partial charge is 0.369 e. The molecule has 0 aromatic heterocycles. The zero-order valence-electron chi connectivity index (χ0n) is 8.25. The Balaban J connectivity index is 1.80. The standard InChI is InChI=1S/C10H18N2O/c1-8-2-3-10(4-8)6-12(7-10)5-9(11)13/h8H,2-7H2,1H3,(H2,11,13). The molecule has 0 aromatic rings. The van der Waals surface area contributed by atoms with Crippen LogP contribution in [-0.2, 0) is 4.79 Å². The molecule has 1 aliphatic heterocycles. The molecular weight excluding hydrogens is 164 g/mol. The quantitative estimate of drug-likeness (QED) is 0.679. The summed E-state index contributed by atoms with van der Waals surface area (Å²) >= 11 is 0. The van der Waals surface area contributed by atoms with Gasteiger partial charge in [-0.2, -0.15) is 0 Å². The first-order chi connectivity index (χ1) is 6.10. The first kappa shape index (κ1) is 9.00. The maximum absolute atomic E-state index is 10.7. The third kappa shape index (κ3) is 1.70. The van der Waals surface area contributed by atoms with Crippen molar-refractivity contribution in [2.45, 2.75) is 26.2 Å². The van der Waals surface area contributed by atoms with E-state index in [9.17, 15) is 4.79 Å². The number of nitrogens with two attached hydrogens (primary N) is 1. The SMILES string of the molecule is CC1CCC2(C1)CN(CC(N)=O)C2. The molecule has 0 aromatic carbocycles. The van der Waals surface area contributed by atoms with E-state index in [0.29, 0.717) is 12.0 Å². The average molecular weight is 182 g/mol. The molecule has 3 heteroatoms. The van der Waals surface area contributed by atoms with E-state index in [0.717, 1.165) is 19.0 Å². The Morgan fingerprint density at radius 2 is 2.31 bits per heavy atom. The van der Waals surface area contributed by atoms with Gasteiger partial charge in [-0.15, -0.1) is 0 Å². The van der Waals surface area contributed by atoms with Gasteiger partial charge in [0.15, 0.2) is 0 Å². The van der Waals surface area contributed by atoms with Gasteiger partial charge < -0.3 is 5.73 Å². The van der Waals surface area contributed by atoms with Gasteiger partial charge in [0.05, 0.1) is 6.54 Å². The highest BCUT2D eigenvalue weighted by atomic mass is 16.1. The molecule has 3 nitrogen and oxygen atoms in total. The van der Waals surface area contributed by atoms with E-state index in [-0.39, 0.29) is 5.91 Å². The topological polar surface area (TPSA) is 46.3 Å². The van der Waals surface area contributed by atoms with Crippen LogP contribution >= 0.6 is 0 Å². The highest BCUT2D eigenvalue weighted by Gasteiger charge is 2.46. The number of carbonyl (C=O) groups excluding carboxylic acids is 1. The minimum atomic E-state index is -0.194. The highest BCUT2D eigenvalue weighted by Crippen LogP contribution is 2.47. The Kier molecular flexibility index (Phi) is 2.06. The van der Waals surface area contributed by atoms with Crippen molar-refractivity contribution in [2.24, 2.45) is 17.1 Å². The zero-order chi connectivity index (χ0) is 9.47. The first-order valence-corrected chi connectivity index (χ1v) is 5.10. The second-order valence-electron chi connectivity index (χ2n) is 4.96. The van der Waals surface area contributed by atoms with Crippen LogP contribution < -0.4 is 5.73 Å². The summed E-state index contributed by atoms with van der Waals surface area (Å²) in [4.78, 5) is 12.8. The lowest BCUT2D eigenvalue weighted by Gasteiger charge is -2.48. The van der Waals surface area contributed by atoms with Gasteiger partial charge in [-0.25, -0.2) is 0 Å². The van der Waals surface area contributed by atoms with Gasteiger partial charge in [0.1, 0.15) is 0 Å². The minimum absolute atomic E-state index is 0.194. The van der Waals surface area contributed by atoms with Crippen molar-refractivity contribution in [1.82, 2.24) is 4.90 Å². The second-order valence-corrected chi connectivity index (χ2v) is 4.96. The Morgan fingerprint density at radius 1 is 1.62 bits per heavy atom. The Morgan fingerprint density at radius 3 is 2.77 bits per heavy atom. The van der Waals surface area contributed by atoms with Crippen LogP contribution in [0.1, 0.15) is 26.2 Å². The van der Waals surface area contributed by atoms with Crippen molar-refractivity contribution in [3.05, 3.63) is 0 Å². The fourth-order valence-corrected chi connectivity index (χ4v) is 3.02. The molecule has 1 amide bonds. The van der Waals surface area contributed by atoms with Gasteiger partial charge in [-0.3, -0.25) is 9.69 Å². The van der Waals surface area contributed by atoms with Gasteiger partial charge in [0.2, 0.25) is 5.91 Å². The minimum Gasteiger partial charge on any atom is -0.369 e. The molecule has 1 unspecified atom stereocenters. The Bertz CT molecular complexity index is 221. The summed E-state index contributed by atoms with van der Waals surface area (Å²) in [6.45, 7) is 4.97. The summed E-state index contributed by atoms with van der Waals surface area (Å²) < 4.78 is 0. The fourth-order valence-electron chi connectivity index (χ4n) is 3.02. The summed E-state index contributed by atoms with van der Waals surface area (Å²) in [5, 5.41) is 0. The van der Waals surface area contributed by atoms with Crippen LogP contribution in [0, 0.1) is 11.3 Å². The summed E-state index contributed by atoms with van der Waals surface area (Å²) in [5.74, 6) is 0.691. The zero-order valence-corrected chi connectivity index (χ0v) is 8.25. The van der Waals surface area contributed by atoms with Crippen molar-refractivity contribution >= 4 is 5.91 Å². The smallest absolute Gasteiger partial charge is 0.231 e. The molecule has 0 radical (unpaired) electrons. The van der Waals surface area contributed by atoms with Gasteiger partial charge in [0.25, 0.3) is 0 Å². The molecule has 2 N–H and O–H groups in total. The molecule has 2 aliphatic rings. The van der Waals surface area contributed by atoms with Crippen molar-refractivity contribution in [2.75, 3.05) is 19.6 Å². The van der Waals surface area contributed by atoms with Crippen LogP contribution in [0.4, 0.5) is 0 Å². The molecule has 74 valence electrons. The summed E-state index contributed by atoms with van der Waals surface area (Å²) in [6, 6.07) is 0. The van der Waals surface area contributed by atoms with E-state index < -0.39 is 0 Å². The number of carbonyl (C=O) groups is 1. The van der Waals surface area contributed by atoms with Crippen LogP contribution in [-0.4, -0.2) is 30.4 Å². The molecule has 1 atom stereocenters. The van der Waals surface area contributed by atoms with E-state index in [1.165, 1.54) is 19.3 Å². The van der Waals surface area contributed by atoms with Gasteiger partial charge in [0, 0.05) is 13.1 Å². The predicted molar refractivity (Wildman–Crippen MR) is 51.1 cm³/mol. The normalized spacial score (nSPS) is 31.9. The molecule has 1 heterocycles. The lowest BCUT2D eigenvalue weighted by molar-refractivity contribution is -0.122. The summed E-state index contributed by atoms with van der Waals surface area (Å²) in [5.41, 5.74) is 5.70. The van der Waals surface area contributed by atoms with Crippen molar-refractivity contribution in [3.8, 4) is 0 Å². The van der Waals surface area contributed by atoms with Crippen LogP contribution in [0.3, 0.4) is 0 Å². The van der Waals surface area contributed by atoms with Crippen LogP contribution in [0.2, 0.25) is 0 Å². The highest BCUT2D eigenvalue weighted by molar-refractivity contribution is 5.76. The molecule has 0 bridgehead atoms. The molecular formula is C10H18N2O. The number of hydrogen-bond donors (Lipinski definition) is 1. The molecule has 1 saturated carbocycles. The fraction of sp³-hybridized carbons (Fsp3) is 0.900. The number of nitrogens with zero attached hydrogens (tertiary/aromatic N) is 1. The Hall–Kier alpha value is -0.570. The summed E-state index contributed by atoms with van der Waals surface area (Å²) in [6.07, 6.45) is 4.07. The first-order valence-electron chi connectivity index (χ1n) is 5.10. The number of amides is 1. The number of likely N-dealkylation sites (tertiary alicyclic amines) is 1. The summed E-state index contributed by atoms with van der Waals surface area (Å²) in [7, 11) is 0. The van der Waals surface area contributed by atoms with E-state index in [1.807, 2.05) is 0 Å². The van der Waals surface area contributed by atoms with Crippen LogP contribution in [0.25, 0.3) is 0 Å². The van der Waals surface area contributed by atoms with Crippen molar-refractivity contribution < 1.29 is 4.79 Å². The number of hydrogen-bond acceptors (Lipinski definition) is 2. The number of primary amides is 1. The molecule has 1 aliphatic carbocycles. The molecule has 1 spiro atoms. The molecule has 2 rings (SSSR count). The van der Waals surface area contributed by atoms with E-state index in [1.54, 1.807) is 0 Å². The lowest BCUT2D eigenvalue weighted by atomic mass is 9.77.